The van der Waals surface area contributed by atoms with Gasteiger partial charge in [0.2, 0.25) is 5.91 Å². The van der Waals surface area contributed by atoms with Gasteiger partial charge in [-0.25, -0.2) is 4.98 Å². The van der Waals surface area contributed by atoms with Crippen LogP contribution in [0.25, 0.3) is 0 Å². The van der Waals surface area contributed by atoms with Crippen molar-refractivity contribution >= 4 is 23.4 Å². The number of carbonyl (C=O) groups is 1. The van der Waals surface area contributed by atoms with Crippen LogP contribution in [0.4, 0.5) is 18.9 Å². The van der Waals surface area contributed by atoms with Crippen LogP contribution in [0, 0.1) is 0 Å². The van der Waals surface area contributed by atoms with Crippen LogP contribution >= 0.6 is 11.8 Å². The van der Waals surface area contributed by atoms with E-state index in [1.807, 2.05) is 0 Å². The number of alkyl halides is 3. The van der Waals surface area contributed by atoms with Gasteiger partial charge in [0.05, 0.1) is 11.7 Å². The molecule has 1 aromatic heterocycles. The Kier molecular flexibility index (Phi) is 4.82. The molecule has 1 atom stereocenters. The van der Waals surface area contributed by atoms with Gasteiger partial charge in [-0.1, -0.05) is 11.8 Å². The van der Waals surface area contributed by atoms with Gasteiger partial charge in [-0.05, 0) is 43.5 Å². The van der Waals surface area contributed by atoms with Gasteiger partial charge < -0.3 is 10.1 Å². The second-order valence-electron chi connectivity index (χ2n) is 6.64. The predicted octanol–water partition coefficient (Wildman–Crippen LogP) is 3.31. The SMILES string of the molecule is O=C(CC1CSc2nc3c(c(=O)n21)CCC3)Nc1ccc(OC(F)(F)F)cc1. The van der Waals surface area contributed by atoms with Gasteiger partial charge in [0.1, 0.15) is 5.75 Å². The first kappa shape index (κ1) is 18.9. The molecule has 10 heteroatoms. The van der Waals surface area contributed by atoms with E-state index >= 15 is 0 Å². The molecular formula is C18H16F3N3O3S. The van der Waals surface area contributed by atoms with Crippen LogP contribution in [0.2, 0.25) is 0 Å². The summed E-state index contributed by atoms with van der Waals surface area (Å²) in [4.78, 5) is 29.7. The molecule has 0 spiro atoms. The fraction of sp³-hybridized carbons (Fsp3) is 0.389. The summed E-state index contributed by atoms with van der Waals surface area (Å²) in [6.07, 6.45) is -2.22. The summed E-state index contributed by atoms with van der Waals surface area (Å²) in [6.45, 7) is 0. The third kappa shape index (κ3) is 3.87. The fourth-order valence-electron chi connectivity index (χ4n) is 3.47. The van der Waals surface area contributed by atoms with Crippen molar-refractivity contribution < 1.29 is 22.7 Å². The van der Waals surface area contributed by atoms with Crippen molar-refractivity contribution in [3.63, 3.8) is 0 Å². The molecule has 2 aliphatic rings. The molecule has 1 aromatic carbocycles. The summed E-state index contributed by atoms with van der Waals surface area (Å²) in [5.41, 5.74) is 1.91. The number of rotatable bonds is 4. The first-order valence-corrected chi connectivity index (χ1v) is 9.71. The lowest BCUT2D eigenvalue weighted by Crippen LogP contribution is -2.30. The van der Waals surface area contributed by atoms with E-state index in [0.29, 0.717) is 16.6 Å². The molecule has 1 unspecified atom stereocenters. The van der Waals surface area contributed by atoms with E-state index in [0.717, 1.165) is 42.7 Å². The largest absolute Gasteiger partial charge is 0.573 e. The van der Waals surface area contributed by atoms with Crippen LogP contribution in [0.15, 0.2) is 34.2 Å². The second kappa shape index (κ2) is 7.16. The van der Waals surface area contributed by atoms with E-state index in [1.165, 1.54) is 23.9 Å². The van der Waals surface area contributed by atoms with E-state index in [9.17, 15) is 22.8 Å². The number of ether oxygens (including phenoxy) is 1. The van der Waals surface area contributed by atoms with Gasteiger partial charge in [-0.3, -0.25) is 14.2 Å². The van der Waals surface area contributed by atoms with Crippen molar-refractivity contribution in [2.45, 2.75) is 43.2 Å². The summed E-state index contributed by atoms with van der Waals surface area (Å²) < 4.78 is 42.0. The van der Waals surface area contributed by atoms with E-state index in [4.69, 9.17) is 0 Å². The van der Waals surface area contributed by atoms with E-state index in [2.05, 4.69) is 15.0 Å². The number of hydrogen-bond donors (Lipinski definition) is 1. The number of aromatic nitrogens is 2. The van der Waals surface area contributed by atoms with Crippen LogP contribution in [0.1, 0.15) is 30.1 Å². The summed E-state index contributed by atoms with van der Waals surface area (Å²) in [7, 11) is 0. The number of benzene rings is 1. The number of amides is 1. The number of aryl methyl sites for hydroxylation is 1. The minimum Gasteiger partial charge on any atom is -0.406 e. The van der Waals surface area contributed by atoms with Crippen molar-refractivity contribution in [2.75, 3.05) is 11.1 Å². The van der Waals surface area contributed by atoms with Crippen molar-refractivity contribution in [2.24, 2.45) is 0 Å². The third-order valence-electron chi connectivity index (χ3n) is 4.66. The number of thioether (sulfide) groups is 1. The van der Waals surface area contributed by atoms with Gasteiger partial charge in [0.15, 0.2) is 5.16 Å². The van der Waals surface area contributed by atoms with Crippen molar-refractivity contribution in [3.05, 3.63) is 45.9 Å². The molecular weight excluding hydrogens is 395 g/mol. The topological polar surface area (TPSA) is 73.2 Å². The Morgan fingerprint density at radius 3 is 2.75 bits per heavy atom. The molecule has 28 heavy (non-hydrogen) atoms. The van der Waals surface area contributed by atoms with Crippen molar-refractivity contribution in [1.82, 2.24) is 9.55 Å². The van der Waals surface area contributed by atoms with Crippen LogP contribution in [-0.2, 0) is 17.6 Å². The zero-order valence-corrected chi connectivity index (χ0v) is 15.4. The lowest BCUT2D eigenvalue weighted by atomic mass is 10.2. The number of fused-ring (bicyclic) bond motifs is 2. The Hall–Kier alpha value is -2.49. The summed E-state index contributed by atoms with van der Waals surface area (Å²) >= 11 is 1.46. The van der Waals surface area contributed by atoms with E-state index in [1.54, 1.807) is 4.57 Å². The molecule has 1 amide bonds. The fourth-order valence-corrected chi connectivity index (χ4v) is 4.62. The average Bonchev–Trinajstić information content (AvgIpc) is 3.23. The van der Waals surface area contributed by atoms with Gasteiger partial charge >= 0.3 is 6.36 Å². The molecule has 0 saturated heterocycles. The van der Waals surface area contributed by atoms with Crippen LogP contribution in [0.3, 0.4) is 0 Å². The first-order chi connectivity index (χ1) is 13.3. The third-order valence-corrected chi connectivity index (χ3v) is 5.76. The highest BCUT2D eigenvalue weighted by molar-refractivity contribution is 7.99. The number of carbonyl (C=O) groups excluding carboxylic acids is 1. The lowest BCUT2D eigenvalue weighted by molar-refractivity contribution is -0.274. The zero-order chi connectivity index (χ0) is 19.9. The van der Waals surface area contributed by atoms with Crippen LogP contribution < -0.4 is 15.6 Å². The zero-order valence-electron chi connectivity index (χ0n) is 14.6. The van der Waals surface area contributed by atoms with E-state index in [-0.39, 0.29) is 29.7 Å². The Labute approximate surface area is 162 Å². The highest BCUT2D eigenvalue weighted by Crippen LogP contribution is 2.34. The monoisotopic (exact) mass is 411 g/mol. The number of halogens is 3. The Morgan fingerprint density at radius 1 is 1.29 bits per heavy atom. The summed E-state index contributed by atoms with van der Waals surface area (Å²) in [5.74, 6) is -0.106. The Morgan fingerprint density at radius 2 is 2.04 bits per heavy atom. The number of nitrogens with zero attached hydrogens (tertiary/aromatic N) is 2. The molecule has 1 aliphatic heterocycles. The number of anilines is 1. The molecule has 0 radical (unpaired) electrons. The highest BCUT2D eigenvalue weighted by Gasteiger charge is 2.32. The normalized spacial score (nSPS) is 17.9. The minimum atomic E-state index is -4.76. The van der Waals surface area contributed by atoms with Crippen molar-refractivity contribution in [1.29, 1.82) is 0 Å². The predicted molar refractivity (Wildman–Crippen MR) is 96.7 cm³/mol. The van der Waals surface area contributed by atoms with Gasteiger partial charge in [0.25, 0.3) is 5.56 Å². The average molecular weight is 411 g/mol. The maximum absolute atomic E-state index is 12.7. The Bertz CT molecular complexity index is 973. The van der Waals surface area contributed by atoms with E-state index < -0.39 is 6.36 Å². The lowest BCUT2D eigenvalue weighted by Gasteiger charge is -2.15. The summed E-state index contributed by atoms with van der Waals surface area (Å²) in [5, 5.41) is 3.29. The molecule has 0 fully saturated rings. The molecule has 1 aliphatic carbocycles. The van der Waals surface area contributed by atoms with Gasteiger partial charge in [0, 0.05) is 23.4 Å². The molecule has 0 saturated carbocycles. The minimum absolute atomic E-state index is 0.0612. The second-order valence-corrected chi connectivity index (χ2v) is 7.62. The molecule has 0 bridgehead atoms. The Balaban J connectivity index is 1.43. The van der Waals surface area contributed by atoms with Crippen LogP contribution in [0.5, 0.6) is 5.75 Å². The molecule has 148 valence electrons. The first-order valence-electron chi connectivity index (χ1n) is 8.73. The van der Waals surface area contributed by atoms with Gasteiger partial charge in [-0.15, -0.1) is 13.2 Å². The van der Waals surface area contributed by atoms with Crippen molar-refractivity contribution in [3.8, 4) is 5.75 Å². The van der Waals surface area contributed by atoms with Gasteiger partial charge in [-0.2, -0.15) is 0 Å². The van der Waals surface area contributed by atoms with Crippen LogP contribution in [-0.4, -0.2) is 27.6 Å². The molecule has 1 N–H and O–H groups in total. The molecule has 2 heterocycles. The quantitative estimate of drug-likeness (QED) is 0.782. The molecule has 2 aromatic rings. The highest BCUT2D eigenvalue weighted by atomic mass is 32.2. The maximum Gasteiger partial charge on any atom is 0.573 e. The maximum atomic E-state index is 12.7. The molecule has 4 rings (SSSR count). The standard InChI is InChI=1S/C18H16F3N3O3S/c19-18(20,21)27-12-6-4-10(5-7-12)22-15(25)8-11-9-28-17-23-14-3-1-2-13(14)16(26)24(11)17/h4-7,11H,1-3,8-9H2,(H,22,25). The number of hydrogen-bond acceptors (Lipinski definition) is 5. The number of nitrogens with one attached hydrogen (secondary N) is 1. The summed E-state index contributed by atoms with van der Waals surface area (Å²) in [6, 6.07) is 4.62. The smallest absolute Gasteiger partial charge is 0.406 e. The molecule has 6 nitrogen and oxygen atoms in total.